The van der Waals surface area contributed by atoms with Gasteiger partial charge < -0.3 is 10.5 Å². The van der Waals surface area contributed by atoms with Crippen molar-refractivity contribution in [3.8, 4) is 5.75 Å². The van der Waals surface area contributed by atoms with Gasteiger partial charge >= 0.3 is 6.18 Å². The normalized spacial score (nSPS) is 13.6. The molecule has 0 aliphatic rings. The van der Waals surface area contributed by atoms with Gasteiger partial charge in [0.15, 0.2) is 0 Å². The smallest absolute Gasteiger partial charge is 0.396 e. The van der Waals surface area contributed by atoms with E-state index in [-0.39, 0.29) is 5.75 Å². The van der Waals surface area contributed by atoms with Gasteiger partial charge in [-0.25, -0.2) is 4.39 Å². The molecule has 1 rings (SSSR count). The molecule has 2 N–H and O–H groups in total. The number of hydrogen-bond acceptors (Lipinski definition) is 2. The fourth-order valence-electron chi connectivity index (χ4n) is 1.05. The summed E-state index contributed by atoms with van der Waals surface area (Å²) in [6.07, 6.45) is -4.40. The Morgan fingerprint density at radius 1 is 1.31 bits per heavy atom. The van der Waals surface area contributed by atoms with Crippen LogP contribution in [0, 0.1) is 11.7 Å². The van der Waals surface area contributed by atoms with E-state index < -0.39 is 31.1 Å². The Kier molecular flexibility index (Phi) is 4.12. The summed E-state index contributed by atoms with van der Waals surface area (Å²) in [5.74, 6) is -2.24. The third-order valence-corrected chi connectivity index (χ3v) is 1.99. The van der Waals surface area contributed by atoms with Gasteiger partial charge in [-0.05, 0) is 12.1 Å². The Bertz CT molecular complexity index is 340. The molecule has 0 amide bonds. The molecule has 0 spiro atoms. The van der Waals surface area contributed by atoms with Crippen LogP contribution >= 0.6 is 0 Å². The van der Waals surface area contributed by atoms with Gasteiger partial charge in [0, 0.05) is 12.6 Å². The Morgan fingerprint density at radius 3 is 2.50 bits per heavy atom. The molecule has 6 heteroatoms. The molecular weight excluding hydrogens is 226 g/mol. The van der Waals surface area contributed by atoms with Gasteiger partial charge in [-0.2, -0.15) is 13.2 Å². The molecule has 0 fully saturated rings. The molecule has 90 valence electrons. The van der Waals surface area contributed by atoms with Gasteiger partial charge in [0.25, 0.3) is 0 Å². The molecule has 0 bridgehead atoms. The second-order valence-electron chi connectivity index (χ2n) is 3.24. The number of alkyl halides is 3. The van der Waals surface area contributed by atoms with E-state index in [1.807, 2.05) is 0 Å². The molecule has 0 heterocycles. The van der Waals surface area contributed by atoms with Crippen LogP contribution in [0.1, 0.15) is 0 Å². The molecule has 0 saturated heterocycles. The van der Waals surface area contributed by atoms with E-state index in [0.29, 0.717) is 0 Å². The van der Waals surface area contributed by atoms with Gasteiger partial charge in [0.2, 0.25) is 0 Å². The Hall–Kier alpha value is -1.30. The summed E-state index contributed by atoms with van der Waals surface area (Å²) >= 11 is 0. The average molecular weight is 237 g/mol. The van der Waals surface area contributed by atoms with Crippen LogP contribution in [0.5, 0.6) is 5.75 Å². The zero-order valence-corrected chi connectivity index (χ0v) is 8.30. The van der Waals surface area contributed by atoms with Crippen molar-refractivity contribution in [3.63, 3.8) is 0 Å². The molecule has 1 aromatic carbocycles. The first-order valence-corrected chi connectivity index (χ1v) is 4.58. The first-order chi connectivity index (χ1) is 7.43. The zero-order chi connectivity index (χ0) is 12.2. The summed E-state index contributed by atoms with van der Waals surface area (Å²) in [4.78, 5) is 0. The van der Waals surface area contributed by atoms with Crippen LogP contribution < -0.4 is 10.5 Å². The minimum atomic E-state index is -4.40. The molecule has 1 atom stereocenters. The first-order valence-electron chi connectivity index (χ1n) is 4.58. The lowest BCUT2D eigenvalue weighted by Crippen LogP contribution is -2.35. The molecule has 0 saturated carbocycles. The maximum atomic E-state index is 12.7. The average Bonchev–Trinajstić information content (AvgIpc) is 2.16. The Balaban J connectivity index is 2.56. The van der Waals surface area contributed by atoms with E-state index in [1.165, 1.54) is 18.2 Å². The minimum Gasteiger partial charge on any atom is -0.493 e. The monoisotopic (exact) mass is 237 g/mol. The molecule has 1 aromatic rings. The topological polar surface area (TPSA) is 35.2 Å². The van der Waals surface area contributed by atoms with Crippen molar-refractivity contribution >= 4 is 0 Å². The summed E-state index contributed by atoms with van der Waals surface area (Å²) < 4.78 is 54.3. The maximum absolute atomic E-state index is 12.7. The second-order valence-corrected chi connectivity index (χ2v) is 3.24. The van der Waals surface area contributed by atoms with Gasteiger partial charge in [0.05, 0.1) is 0 Å². The number of benzene rings is 1. The van der Waals surface area contributed by atoms with Crippen molar-refractivity contribution in [3.05, 3.63) is 30.1 Å². The molecule has 0 radical (unpaired) electrons. The van der Waals surface area contributed by atoms with E-state index in [9.17, 15) is 17.6 Å². The summed E-state index contributed by atoms with van der Waals surface area (Å²) in [7, 11) is 0. The number of rotatable bonds is 4. The molecular formula is C10H11F4NO. The Morgan fingerprint density at radius 2 is 2.00 bits per heavy atom. The summed E-state index contributed by atoms with van der Waals surface area (Å²) in [5.41, 5.74) is 4.98. The lowest BCUT2D eigenvalue weighted by atomic mass is 10.1. The van der Waals surface area contributed by atoms with E-state index >= 15 is 0 Å². The summed E-state index contributed by atoms with van der Waals surface area (Å²) in [6.45, 7) is -1.16. The van der Waals surface area contributed by atoms with E-state index in [1.54, 1.807) is 0 Å². The zero-order valence-electron chi connectivity index (χ0n) is 8.30. The largest absolute Gasteiger partial charge is 0.493 e. The highest BCUT2D eigenvalue weighted by atomic mass is 19.4. The summed E-state index contributed by atoms with van der Waals surface area (Å²) in [6, 6.07) is 4.93. The quantitative estimate of drug-likeness (QED) is 0.816. The predicted molar refractivity (Wildman–Crippen MR) is 50.5 cm³/mol. The standard InChI is InChI=1S/C10H11F4NO/c11-8-2-1-3-9(4-8)16-6-7(5-15)10(12,13)14/h1-4,7H,5-6,15H2. The van der Waals surface area contributed by atoms with Crippen LogP contribution in [0.2, 0.25) is 0 Å². The molecule has 0 aliphatic carbocycles. The van der Waals surface area contributed by atoms with Gasteiger partial charge in [-0.1, -0.05) is 6.07 Å². The third-order valence-electron chi connectivity index (χ3n) is 1.99. The highest BCUT2D eigenvalue weighted by molar-refractivity contribution is 5.22. The van der Waals surface area contributed by atoms with Crippen LogP contribution in [0.4, 0.5) is 17.6 Å². The molecule has 0 aromatic heterocycles. The lowest BCUT2D eigenvalue weighted by Gasteiger charge is -2.18. The minimum absolute atomic E-state index is 0.0581. The van der Waals surface area contributed by atoms with Crippen molar-refractivity contribution in [2.24, 2.45) is 11.7 Å². The van der Waals surface area contributed by atoms with Gasteiger partial charge in [-0.3, -0.25) is 0 Å². The lowest BCUT2D eigenvalue weighted by molar-refractivity contribution is -0.178. The number of nitrogens with two attached hydrogens (primary N) is 1. The number of halogens is 4. The molecule has 1 unspecified atom stereocenters. The van der Waals surface area contributed by atoms with Gasteiger partial charge in [0.1, 0.15) is 24.1 Å². The highest BCUT2D eigenvalue weighted by Crippen LogP contribution is 2.26. The highest BCUT2D eigenvalue weighted by Gasteiger charge is 2.39. The molecule has 0 aliphatic heterocycles. The van der Waals surface area contributed by atoms with Crippen molar-refractivity contribution in [2.45, 2.75) is 6.18 Å². The van der Waals surface area contributed by atoms with Crippen molar-refractivity contribution in [2.75, 3.05) is 13.2 Å². The number of hydrogen-bond donors (Lipinski definition) is 1. The fourth-order valence-corrected chi connectivity index (χ4v) is 1.05. The number of ether oxygens (including phenoxy) is 1. The SMILES string of the molecule is NCC(COc1cccc(F)c1)C(F)(F)F. The fraction of sp³-hybridized carbons (Fsp3) is 0.400. The maximum Gasteiger partial charge on any atom is 0.396 e. The first kappa shape index (κ1) is 12.8. The van der Waals surface area contributed by atoms with E-state index in [2.05, 4.69) is 0 Å². The van der Waals surface area contributed by atoms with Crippen LogP contribution in [-0.4, -0.2) is 19.3 Å². The van der Waals surface area contributed by atoms with Crippen molar-refractivity contribution < 1.29 is 22.3 Å². The van der Waals surface area contributed by atoms with Crippen LogP contribution in [-0.2, 0) is 0 Å². The predicted octanol–water partition coefficient (Wildman–Crippen LogP) is 2.34. The van der Waals surface area contributed by atoms with E-state index in [4.69, 9.17) is 10.5 Å². The molecule has 16 heavy (non-hydrogen) atoms. The van der Waals surface area contributed by atoms with Crippen molar-refractivity contribution in [1.82, 2.24) is 0 Å². The summed E-state index contributed by atoms with van der Waals surface area (Å²) in [5, 5.41) is 0. The van der Waals surface area contributed by atoms with Gasteiger partial charge in [-0.15, -0.1) is 0 Å². The van der Waals surface area contributed by atoms with E-state index in [0.717, 1.165) is 6.07 Å². The molecule has 2 nitrogen and oxygen atoms in total. The Labute approximate surface area is 90.0 Å². The van der Waals surface area contributed by atoms with Crippen LogP contribution in [0.3, 0.4) is 0 Å². The van der Waals surface area contributed by atoms with Crippen LogP contribution in [0.25, 0.3) is 0 Å². The van der Waals surface area contributed by atoms with Crippen molar-refractivity contribution in [1.29, 1.82) is 0 Å². The second kappa shape index (κ2) is 5.16. The van der Waals surface area contributed by atoms with Crippen LogP contribution in [0.15, 0.2) is 24.3 Å². The third kappa shape index (κ3) is 3.69.